The molecule has 7 nitrogen and oxygen atoms in total. The topological polar surface area (TPSA) is 95.0 Å². The van der Waals surface area contributed by atoms with Crippen molar-refractivity contribution in [1.82, 2.24) is 4.90 Å². The first-order valence-corrected chi connectivity index (χ1v) is 11.5. The molecule has 7 rings (SSSR count). The number of rotatable bonds is 4. The van der Waals surface area contributed by atoms with E-state index in [0.717, 1.165) is 22.3 Å². The normalized spacial score (nSPS) is 23.5. The lowest BCUT2D eigenvalue weighted by molar-refractivity contribution is -0.140. The van der Waals surface area contributed by atoms with Crippen molar-refractivity contribution in [2.45, 2.75) is 18.8 Å². The van der Waals surface area contributed by atoms with Gasteiger partial charge in [-0.2, -0.15) is 0 Å². The number of aromatic carboxylic acids is 1. The lowest BCUT2D eigenvalue weighted by Crippen LogP contribution is -2.44. The molecule has 0 unspecified atom stereocenters. The van der Waals surface area contributed by atoms with Crippen LogP contribution in [0.4, 0.5) is 5.69 Å². The first-order chi connectivity index (χ1) is 16.9. The van der Waals surface area contributed by atoms with Crippen LogP contribution in [-0.2, 0) is 14.4 Å². The number of anilines is 1. The summed E-state index contributed by atoms with van der Waals surface area (Å²) in [6.45, 7) is 1.08. The third-order valence-electron chi connectivity index (χ3n) is 7.61. The van der Waals surface area contributed by atoms with Crippen molar-refractivity contribution in [3.63, 3.8) is 0 Å². The van der Waals surface area contributed by atoms with Gasteiger partial charge in [-0.3, -0.25) is 24.2 Å². The predicted octanol–water partition coefficient (Wildman–Crippen LogP) is 3.59. The molecular formula is C28H22N2O5. The minimum atomic E-state index is -1.12. The number of carboxylic acids is 1. The molecular weight excluding hydrogens is 444 g/mol. The highest BCUT2D eigenvalue weighted by atomic mass is 16.4. The minimum absolute atomic E-state index is 0.0189. The Kier molecular flexibility index (Phi) is 4.64. The molecule has 7 heteroatoms. The molecule has 0 spiro atoms. The summed E-state index contributed by atoms with van der Waals surface area (Å²) in [5.74, 6) is -3.61. The van der Waals surface area contributed by atoms with Crippen molar-refractivity contribution in [3.05, 3.63) is 101 Å². The standard InChI is InChI=1S/C28H22N2O5/c1-15(31)29(17-8-6-7-16(13-17)28(34)35)14-30-26(32)24-22-18-9-2-3-10-19(18)23(25(24)27(30)33)21-12-5-4-11-20(21)22/h2-13,22-25H,14H2,1H3,(H,34,35)/t22?,23?,24-,25+. The third-order valence-corrected chi connectivity index (χ3v) is 7.61. The fraction of sp³-hybridized carbons (Fsp3) is 0.214. The number of hydrogen-bond donors (Lipinski definition) is 1. The number of nitrogens with zero attached hydrogens (tertiary/aromatic N) is 2. The predicted molar refractivity (Wildman–Crippen MR) is 127 cm³/mol. The fourth-order valence-corrected chi connectivity index (χ4v) is 6.19. The lowest BCUT2D eigenvalue weighted by atomic mass is 9.55. The Morgan fingerprint density at radius 2 is 1.29 bits per heavy atom. The van der Waals surface area contributed by atoms with Gasteiger partial charge in [-0.25, -0.2) is 4.79 Å². The zero-order valence-corrected chi connectivity index (χ0v) is 18.9. The van der Waals surface area contributed by atoms with Crippen LogP contribution in [0.1, 0.15) is 51.4 Å². The summed E-state index contributed by atoms with van der Waals surface area (Å²) in [7, 11) is 0. The molecule has 1 aliphatic heterocycles. The van der Waals surface area contributed by atoms with Crippen molar-refractivity contribution in [3.8, 4) is 0 Å². The molecule has 174 valence electrons. The molecule has 1 saturated heterocycles. The number of carbonyl (C=O) groups excluding carboxylic acids is 3. The smallest absolute Gasteiger partial charge is 0.335 e. The summed E-state index contributed by atoms with van der Waals surface area (Å²) in [6.07, 6.45) is 0. The molecule has 2 bridgehead atoms. The molecule has 3 aromatic carbocycles. The van der Waals surface area contributed by atoms with Crippen molar-refractivity contribution in [1.29, 1.82) is 0 Å². The largest absolute Gasteiger partial charge is 0.478 e. The summed E-state index contributed by atoms with van der Waals surface area (Å²) >= 11 is 0. The van der Waals surface area contributed by atoms with Gasteiger partial charge in [0.1, 0.15) is 6.67 Å². The van der Waals surface area contributed by atoms with Gasteiger partial charge in [-0.05, 0) is 40.5 Å². The Morgan fingerprint density at radius 3 is 1.71 bits per heavy atom. The summed E-state index contributed by atoms with van der Waals surface area (Å²) < 4.78 is 0. The first kappa shape index (κ1) is 21.3. The second-order valence-electron chi connectivity index (χ2n) is 9.31. The van der Waals surface area contributed by atoms with Crippen LogP contribution in [0.15, 0.2) is 72.8 Å². The van der Waals surface area contributed by atoms with Crippen LogP contribution in [0.5, 0.6) is 0 Å². The molecule has 2 atom stereocenters. The minimum Gasteiger partial charge on any atom is -0.478 e. The molecule has 1 heterocycles. The van der Waals surface area contributed by atoms with Crippen LogP contribution in [0, 0.1) is 11.8 Å². The quantitative estimate of drug-likeness (QED) is 0.593. The van der Waals surface area contributed by atoms with Gasteiger partial charge in [0.25, 0.3) is 0 Å². The van der Waals surface area contributed by atoms with Crippen molar-refractivity contribution < 1.29 is 24.3 Å². The number of hydrogen-bond acceptors (Lipinski definition) is 4. The maximum Gasteiger partial charge on any atom is 0.335 e. The van der Waals surface area contributed by atoms with Crippen molar-refractivity contribution in [2.75, 3.05) is 11.6 Å². The molecule has 0 aromatic heterocycles. The zero-order valence-electron chi connectivity index (χ0n) is 18.9. The molecule has 0 saturated carbocycles. The van der Waals surface area contributed by atoms with E-state index < -0.39 is 23.7 Å². The molecule has 0 radical (unpaired) electrons. The summed E-state index contributed by atoms with van der Waals surface area (Å²) in [5.41, 5.74) is 4.67. The maximum atomic E-state index is 13.8. The molecule has 4 aliphatic rings. The fourth-order valence-electron chi connectivity index (χ4n) is 6.19. The summed E-state index contributed by atoms with van der Waals surface area (Å²) in [5, 5.41) is 9.35. The van der Waals surface area contributed by atoms with Gasteiger partial charge in [0.15, 0.2) is 0 Å². The number of imide groups is 1. The van der Waals surface area contributed by atoms with E-state index >= 15 is 0 Å². The van der Waals surface area contributed by atoms with Gasteiger partial charge in [0, 0.05) is 24.4 Å². The van der Waals surface area contributed by atoms with E-state index in [0.29, 0.717) is 5.69 Å². The average Bonchev–Trinajstić information content (AvgIpc) is 3.12. The van der Waals surface area contributed by atoms with Crippen LogP contribution in [0.3, 0.4) is 0 Å². The summed E-state index contributed by atoms with van der Waals surface area (Å²) in [6, 6.07) is 21.9. The Balaban J connectivity index is 1.41. The Labute approximate surface area is 201 Å². The Morgan fingerprint density at radius 1 is 0.800 bits per heavy atom. The Hall–Kier alpha value is -4.26. The van der Waals surface area contributed by atoms with Gasteiger partial charge in [-0.1, -0.05) is 54.6 Å². The van der Waals surface area contributed by atoms with Gasteiger partial charge >= 0.3 is 5.97 Å². The molecule has 3 amide bonds. The number of carbonyl (C=O) groups is 4. The van der Waals surface area contributed by atoms with E-state index in [1.165, 1.54) is 34.9 Å². The van der Waals surface area contributed by atoms with E-state index in [-0.39, 0.29) is 35.9 Å². The van der Waals surface area contributed by atoms with Crippen molar-refractivity contribution >= 4 is 29.4 Å². The van der Waals surface area contributed by atoms with Crippen LogP contribution >= 0.6 is 0 Å². The van der Waals surface area contributed by atoms with Crippen LogP contribution in [0.25, 0.3) is 0 Å². The van der Waals surface area contributed by atoms with Gasteiger partial charge in [-0.15, -0.1) is 0 Å². The first-order valence-electron chi connectivity index (χ1n) is 11.5. The zero-order chi connectivity index (χ0) is 24.4. The second kappa shape index (κ2) is 7.63. The van der Waals surface area contributed by atoms with Crippen LogP contribution < -0.4 is 4.90 Å². The van der Waals surface area contributed by atoms with Gasteiger partial charge in [0.05, 0.1) is 17.4 Å². The molecule has 35 heavy (non-hydrogen) atoms. The van der Waals surface area contributed by atoms with E-state index in [1.54, 1.807) is 6.07 Å². The molecule has 3 aliphatic carbocycles. The highest BCUT2D eigenvalue weighted by Gasteiger charge is 2.61. The third kappa shape index (κ3) is 2.97. The number of amides is 3. The van der Waals surface area contributed by atoms with Gasteiger partial charge < -0.3 is 5.11 Å². The lowest BCUT2D eigenvalue weighted by Gasteiger charge is -2.45. The van der Waals surface area contributed by atoms with Crippen molar-refractivity contribution in [2.24, 2.45) is 11.8 Å². The van der Waals surface area contributed by atoms with Crippen LogP contribution in [0.2, 0.25) is 0 Å². The van der Waals surface area contributed by atoms with E-state index in [9.17, 15) is 24.3 Å². The average molecular weight is 466 g/mol. The Bertz CT molecular complexity index is 1310. The summed E-state index contributed by atoms with van der Waals surface area (Å²) in [4.78, 5) is 54.1. The molecule has 1 fully saturated rings. The maximum absolute atomic E-state index is 13.8. The number of carboxylic acid groups (broad SMARTS) is 1. The van der Waals surface area contributed by atoms with E-state index in [1.807, 2.05) is 48.5 Å². The number of likely N-dealkylation sites (tertiary alicyclic amines) is 1. The SMILES string of the molecule is CC(=O)N(CN1C(=O)[C@@H]2C3c4ccccc4C(c4ccccc43)[C@@H]2C1=O)c1cccc(C(=O)O)c1. The highest BCUT2D eigenvalue weighted by molar-refractivity contribution is 6.08. The second-order valence-corrected chi connectivity index (χ2v) is 9.31. The van der Waals surface area contributed by atoms with E-state index in [2.05, 4.69) is 0 Å². The number of benzene rings is 3. The monoisotopic (exact) mass is 466 g/mol. The van der Waals surface area contributed by atoms with Crippen LogP contribution in [-0.4, -0.2) is 40.4 Å². The van der Waals surface area contributed by atoms with Gasteiger partial charge in [0.2, 0.25) is 17.7 Å². The molecule has 1 N–H and O–H groups in total. The van der Waals surface area contributed by atoms with E-state index in [4.69, 9.17) is 0 Å². The molecule has 3 aromatic rings. The highest BCUT2D eigenvalue weighted by Crippen LogP contribution is 2.60.